The second-order valence-electron chi connectivity index (χ2n) is 3.52. The molecule has 0 aliphatic heterocycles. The van der Waals surface area contributed by atoms with Gasteiger partial charge in [-0.3, -0.25) is 0 Å². The molecule has 10 heavy (non-hydrogen) atoms. The van der Waals surface area contributed by atoms with Gasteiger partial charge in [-0.1, -0.05) is 33.9 Å². The Morgan fingerprint density at radius 3 is 1.00 bits per heavy atom. The Morgan fingerprint density at radius 1 is 0.900 bits per heavy atom. The van der Waals surface area contributed by atoms with E-state index in [1.807, 2.05) is 0 Å². The molecule has 0 aliphatic rings. The van der Waals surface area contributed by atoms with Crippen LogP contribution in [0.1, 0.15) is 20.8 Å². The Labute approximate surface area is 104 Å². The van der Waals surface area contributed by atoms with Crippen molar-refractivity contribution in [1.29, 1.82) is 0 Å². The standard InChI is InChI=1S/C6H16Si.2BrH.Mg/c1-6(2,3)7(4)5;;;/h7H,1-5H3;2*1H;/q;;;+2/p-2. The van der Waals surface area contributed by atoms with Crippen molar-refractivity contribution in [3.05, 3.63) is 0 Å². The molecule has 0 saturated heterocycles. The normalized spacial score (nSPS) is 9.00. The molecule has 0 aliphatic carbocycles. The molecule has 0 aromatic rings. The summed E-state index contributed by atoms with van der Waals surface area (Å²) in [6.07, 6.45) is 0. The molecule has 0 fully saturated rings. The number of hydrogen-bond acceptors (Lipinski definition) is 0. The van der Waals surface area contributed by atoms with E-state index in [1.54, 1.807) is 0 Å². The Morgan fingerprint density at radius 2 is 1.00 bits per heavy atom. The van der Waals surface area contributed by atoms with Crippen LogP contribution in [0.5, 0.6) is 0 Å². The molecule has 0 heterocycles. The molecule has 0 amide bonds. The Kier molecular flexibility index (Phi) is 20.5. The van der Waals surface area contributed by atoms with Gasteiger partial charge in [0.1, 0.15) is 0 Å². The number of halogens is 2. The van der Waals surface area contributed by atoms with Crippen molar-refractivity contribution < 1.29 is 34.0 Å². The summed E-state index contributed by atoms with van der Waals surface area (Å²) in [6.45, 7) is 11.7. The van der Waals surface area contributed by atoms with Crippen molar-refractivity contribution >= 4 is 31.8 Å². The first-order valence-corrected chi connectivity index (χ1v) is 5.83. The minimum atomic E-state index is -0.359. The van der Waals surface area contributed by atoms with Crippen LogP contribution in [0.25, 0.3) is 0 Å². The van der Waals surface area contributed by atoms with Gasteiger partial charge in [-0.25, -0.2) is 0 Å². The molecule has 0 spiro atoms. The summed E-state index contributed by atoms with van der Waals surface area (Å²) in [5.41, 5.74) is 0. The molecule has 0 nitrogen and oxygen atoms in total. The first-order chi connectivity index (χ1) is 2.94. The van der Waals surface area contributed by atoms with Crippen molar-refractivity contribution in [3.63, 3.8) is 0 Å². The fraction of sp³-hybridized carbons (Fsp3) is 1.00. The van der Waals surface area contributed by atoms with E-state index in [2.05, 4.69) is 33.9 Å². The van der Waals surface area contributed by atoms with Gasteiger partial charge in [-0.2, -0.15) is 0 Å². The minimum Gasteiger partial charge on any atom is -1.00 e. The van der Waals surface area contributed by atoms with Crippen LogP contribution in [0, 0.1) is 0 Å². The largest absolute Gasteiger partial charge is 2.00 e. The summed E-state index contributed by atoms with van der Waals surface area (Å²) in [6, 6.07) is 0. The van der Waals surface area contributed by atoms with Gasteiger partial charge in [0.25, 0.3) is 0 Å². The predicted molar refractivity (Wildman–Crippen MR) is 44.3 cm³/mol. The summed E-state index contributed by atoms with van der Waals surface area (Å²) in [7, 11) is -0.359. The third-order valence-electron chi connectivity index (χ3n) is 1.73. The average molecular weight is 300 g/mol. The molecule has 0 radical (unpaired) electrons. The van der Waals surface area contributed by atoms with Crippen LogP contribution >= 0.6 is 0 Å². The fourth-order valence-corrected chi connectivity index (χ4v) is 0. The van der Waals surface area contributed by atoms with Crippen molar-refractivity contribution in [2.75, 3.05) is 0 Å². The van der Waals surface area contributed by atoms with E-state index in [4.69, 9.17) is 0 Å². The van der Waals surface area contributed by atoms with E-state index in [-0.39, 0.29) is 65.8 Å². The van der Waals surface area contributed by atoms with E-state index in [1.165, 1.54) is 0 Å². The smallest absolute Gasteiger partial charge is 1.00 e. The molecule has 0 unspecified atom stereocenters. The third-order valence-corrected chi connectivity index (χ3v) is 5.20. The maximum atomic E-state index is 2.39. The van der Waals surface area contributed by atoms with Crippen molar-refractivity contribution in [3.8, 4) is 0 Å². The van der Waals surface area contributed by atoms with Crippen LogP contribution < -0.4 is 34.0 Å². The van der Waals surface area contributed by atoms with Gasteiger partial charge in [-0.15, -0.1) is 0 Å². The van der Waals surface area contributed by atoms with Crippen LogP contribution in [0.3, 0.4) is 0 Å². The van der Waals surface area contributed by atoms with Crippen molar-refractivity contribution in [1.82, 2.24) is 0 Å². The van der Waals surface area contributed by atoms with E-state index in [9.17, 15) is 0 Å². The molecular formula is C6H16Br2MgSi. The van der Waals surface area contributed by atoms with Gasteiger partial charge < -0.3 is 34.0 Å². The van der Waals surface area contributed by atoms with E-state index in [0.717, 1.165) is 0 Å². The molecule has 60 valence electrons. The molecule has 4 heteroatoms. The molecule has 0 aromatic heterocycles. The first-order valence-electron chi connectivity index (χ1n) is 2.94. The van der Waals surface area contributed by atoms with Gasteiger partial charge in [-0.05, 0) is 5.04 Å². The Balaban J connectivity index is -0.0000000600. The summed E-state index contributed by atoms with van der Waals surface area (Å²) in [4.78, 5) is 0. The maximum Gasteiger partial charge on any atom is 2.00 e. The van der Waals surface area contributed by atoms with E-state index in [0.29, 0.717) is 5.04 Å². The van der Waals surface area contributed by atoms with E-state index < -0.39 is 0 Å². The van der Waals surface area contributed by atoms with Crippen LogP contribution in [-0.4, -0.2) is 31.8 Å². The second-order valence-corrected chi connectivity index (χ2v) is 7.56. The van der Waals surface area contributed by atoms with E-state index >= 15 is 0 Å². The first kappa shape index (κ1) is 22.7. The average Bonchev–Trinajstić information content (AvgIpc) is 1.31. The second kappa shape index (κ2) is 9.03. The SMILES string of the molecule is C[SiH](C)C(C)(C)C.[Br-].[Br-].[Mg+2]. The molecule has 0 aromatic carbocycles. The van der Waals surface area contributed by atoms with Gasteiger partial charge in [0.05, 0.1) is 0 Å². The van der Waals surface area contributed by atoms with Crippen LogP contribution in [0.15, 0.2) is 0 Å². The van der Waals surface area contributed by atoms with Crippen molar-refractivity contribution in [2.45, 2.75) is 38.9 Å². The fourth-order valence-electron chi connectivity index (χ4n) is 0. The zero-order chi connectivity index (χ0) is 6.08. The van der Waals surface area contributed by atoms with Gasteiger partial charge in [0, 0.05) is 8.80 Å². The van der Waals surface area contributed by atoms with Crippen LogP contribution in [0.4, 0.5) is 0 Å². The number of hydrogen-bond donors (Lipinski definition) is 0. The Hall–Kier alpha value is 1.94. The molecule has 0 bridgehead atoms. The molecule has 0 rings (SSSR count). The minimum absolute atomic E-state index is 0. The Bertz CT molecular complexity index is 61.3. The van der Waals surface area contributed by atoms with Crippen LogP contribution in [-0.2, 0) is 0 Å². The maximum absolute atomic E-state index is 2.39. The zero-order valence-electron chi connectivity index (χ0n) is 7.54. The predicted octanol–water partition coefficient (Wildman–Crippen LogP) is -4.10. The molecule has 0 saturated carbocycles. The summed E-state index contributed by atoms with van der Waals surface area (Å²) in [5, 5.41) is 0.639. The van der Waals surface area contributed by atoms with Crippen molar-refractivity contribution in [2.24, 2.45) is 0 Å². The number of rotatable bonds is 0. The molecule has 0 atom stereocenters. The van der Waals surface area contributed by atoms with Gasteiger partial charge >= 0.3 is 23.1 Å². The summed E-state index contributed by atoms with van der Waals surface area (Å²) >= 11 is 0. The van der Waals surface area contributed by atoms with Crippen LogP contribution in [0.2, 0.25) is 18.1 Å². The van der Waals surface area contributed by atoms with Gasteiger partial charge in [0.15, 0.2) is 0 Å². The quantitative estimate of drug-likeness (QED) is 0.399. The molecule has 0 N–H and O–H groups in total. The third kappa shape index (κ3) is 12.6. The molecular weight excluding hydrogens is 284 g/mol. The topological polar surface area (TPSA) is 0 Å². The summed E-state index contributed by atoms with van der Waals surface area (Å²) in [5.74, 6) is 0. The monoisotopic (exact) mass is 298 g/mol. The van der Waals surface area contributed by atoms with Gasteiger partial charge in [0.2, 0.25) is 0 Å². The summed E-state index contributed by atoms with van der Waals surface area (Å²) < 4.78 is 0. The zero-order valence-corrected chi connectivity index (χ0v) is 13.3.